The summed E-state index contributed by atoms with van der Waals surface area (Å²) in [7, 11) is 1.53. The molecule has 0 saturated heterocycles. The highest BCUT2D eigenvalue weighted by Gasteiger charge is 2.03. The van der Waals surface area contributed by atoms with Crippen molar-refractivity contribution >= 4 is 0 Å². The fourth-order valence-electron chi connectivity index (χ4n) is 0.856. The van der Waals surface area contributed by atoms with Crippen LogP contribution in [0.2, 0.25) is 0 Å². The van der Waals surface area contributed by atoms with Gasteiger partial charge in [0.15, 0.2) is 0 Å². The van der Waals surface area contributed by atoms with Gasteiger partial charge in [-0.3, -0.25) is 0 Å². The number of hydrogen-bond donors (Lipinski definition) is 1. The Balaban J connectivity index is 2.93. The minimum atomic E-state index is -0.651. The van der Waals surface area contributed by atoms with Gasteiger partial charge in [-0.1, -0.05) is 6.08 Å². The van der Waals surface area contributed by atoms with E-state index >= 15 is 0 Å². The molecule has 1 rings (SSSR count). The largest absolute Gasteiger partial charge is 0.481 e. The first kappa shape index (κ1) is 8.74. The molecule has 3 heteroatoms. The summed E-state index contributed by atoms with van der Waals surface area (Å²) in [5.41, 5.74) is 0.733. The molecule has 0 aliphatic heterocycles. The monoisotopic (exact) mass is 165 g/mol. The number of hydrogen-bond acceptors (Lipinski definition) is 3. The van der Waals surface area contributed by atoms with Crippen LogP contribution in [0.3, 0.4) is 0 Å². The highest BCUT2D eigenvalue weighted by molar-refractivity contribution is 5.24. The van der Waals surface area contributed by atoms with Gasteiger partial charge in [-0.15, -0.1) is 6.58 Å². The number of aromatic nitrogens is 1. The lowest BCUT2D eigenvalue weighted by Crippen LogP contribution is -1.94. The first-order valence-corrected chi connectivity index (χ1v) is 3.58. The third kappa shape index (κ3) is 1.83. The Morgan fingerprint density at radius 2 is 2.50 bits per heavy atom. The molecule has 0 aliphatic rings. The van der Waals surface area contributed by atoms with Crippen LogP contribution in [0, 0.1) is 0 Å². The molecule has 12 heavy (non-hydrogen) atoms. The van der Waals surface area contributed by atoms with Gasteiger partial charge in [0, 0.05) is 12.3 Å². The second kappa shape index (κ2) is 3.88. The predicted molar refractivity (Wildman–Crippen MR) is 45.9 cm³/mol. The SMILES string of the molecule is C=CC(O)c1ccnc(OC)c1. The summed E-state index contributed by atoms with van der Waals surface area (Å²) in [4.78, 5) is 3.91. The molecule has 1 heterocycles. The highest BCUT2D eigenvalue weighted by atomic mass is 16.5. The van der Waals surface area contributed by atoms with Crippen LogP contribution in [0.25, 0.3) is 0 Å². The van der Waals surface area contributed by atoms with Crippen LogP contribution in [0.1, 0.15) is 11.7 Å². The molecule has 1 aromatic heterocycles. The smallest absolute Gasteiger partial charge is 0.213 e. The van der Waals surface area contributed by atoms with Gasteiger partial charge < -0.3 is 9.84 Å². The van der Waals surface area contributed by atoms with Crippen LogP contribution >= 0.6 is 0 Å². The quantitative estimate of drug-likeness (QED) is 0.686. The lowest BCUT2D eigenvalue weighted by atomic mass is 10.1. The average Bonchev–Trinajstić information content (AvgIpc) is 2.17. The van der Waals surface area contributed by atoms with Crippen molar-refractivity contribution in [3.63, 3.8) is 0 Å². The number of aliphatic hydroxyl groups excluding tert-OH is 1. The van der Waals surface area contributed by atoms with Crippen molar-refractivity contribution in [2.24, 2.45) is 0 Å². The molecule has 3 nitrogen and oxygen atoms in total. The van der Waals surface area contributed by atoms with Crippen molar-refractivity contribution in [1.82, 2.24) is 4.98 Å². The fraction of sp³-hybridized carbons (Fsp3) is 0.222. The van der Waals surface area contributed by atoms with E-state index in [1.54, 1.807) is 18.3 Å². The molecule has 0 aliphatic carbocycles. The summed E-state index contributed by atoms with van der Waals surface area (Å²) >= 11 is 0. The minimum Gasteiger partial charge on any atom is -0.481 e. The number of aliphatic hydroxyl groups is 1. The van der Waals surface area contributed by atoms with Gasteiger partial charge in [0.25, 0.3) is 0 Å². The average molecular weight is 165 g/mol. The van der Waals surface area contributed by atoms with E-state index in [-0.39, 0.29) is 0 Å². The zero-order valence-electron chi connectivity index (χ0n) is 6.90. The van der Waals surface area contributed by atoms with Crippen LogP contribution in [0.15, 0.2) is 31.0 Å². The second-order valence-corrected chi connectivity index (χ2v) is 2.31. The predicted octanol–water partition coefficient (Wildman–Crippen LogP) is 1.31. The third-order valence-corrected chi connectivity index (χ3v) is 1.53. The Labute approximate surface area is 71.3 Å². The summed E-state index contributed by atoms with van der Waals surface area (Å²) in [5.74, 6) is 0.494. The molecule has 64 valence electrons. The number of pyridine rings is 1. The number of methoxy groups -OCH3 is 1. The van der Waals surface area contributed by atoms with Crippen LogP contribution in [0.5, 0.6) is 5.88 Å². The molecule has 1 N–H and O–H groups in total. The van der Waals surface area contributed by atoms with E-state index in [0.29, 0.717) is 5.88 Å². The number of rotatable bonds is 3. The molecule has 1 atom stereocenters. The molecular formula is C9H11NO2. The lowest BCUT2D eigenvalue weighted by molar-refractivity contribution is 0.228. The highest BCUT2D eigenvalue weighted by Crippen LogP contribution is 2.16. The van der Waals surface area contributed by atoms with Crippen molar-refractivity contribution in [3.05, 3.63) is 36.5 Å². The van der Waals surface area contributed by atoms with E-state index in [4.69, 9.17) is 4.74 Å². The molecule has 0 amide bonds. The van der Waals surface area contributed by atoms with Crippen LogP contribution in [0.4, 0.5) is 0 Å². The number of nitrogens with zero attached hydrogens (tertiary/aromatic N) is 1. The van der Waals surface area contributed by atoms with Gasteiger partial charge in [-0.25, -0.2) is 4.98 Å². The van der Waals surface area contributed by atoms with Crippen molar-refractivity contribution in [2.75, 3.05) is 7.11 Å². The molecule has 1 aromatic rings. The molecule has 0 spiro atoms. The Kier molecular flexibility index (Phi) is 2.82. The summed E-state index contributed by atoms with van der Waals surface area (Å²) in [6, 6.07) is 3.39. The van der Waals surface area contributed by atoms with Crippen molar-refractivity contribution in [2.45, 2.75) is 6.10 Å². The topological polar surface area (TPSA) is 42.4 Å². The molecule has 0 aromatic carbocycles. The van der Waals surface area contributed by atoms with E-state index in [0.717, 1.165) is 5.56 Å². The molecule has 0 radical (unpaired) electrons. The van der Waals surface area contributed by atoms with E-state index in [1.165, 1.54) is 13.2 Å². The van der Waals surface area contributed by atoms with Crippen molar-refractivity contribution < 1.29 is 9.84 Å². The molecular weight excluding hydrogens is 154 g/mol. The third-order valence-electron chi connectivity index (χ3n) is 1.53. The Morgan fingerprint density at radius 3 is 3.08 bits per heavy atom. The zero-order chi connectivity index (χ0) is 8.97. The summed E-state index contributed by atoms with van der Waals surface area (Å²) in [6.45, 7) is 3.48. The van der Waals surface area contributed by atoms with Crippen molar-refractivity contribution in [3.8, 4) is 5.88 Å². The number of ether oxygens (including phenoxy) is 1. The molecule has 0 bridgehead atoms. The fourth-order valence-corrected chi connectivity index (χ4v) is 0.856. The maximum Gasteiger partial charge on any atom is 0.213 e. The summed E-state index contributed by atoms with van der Waals surface area (Å²) in [6.07, 6.45) is 2.39. The lowest BCUT2D eigenvalue weighted by Gasteiger charge is -2.05. The van der Waals surface area contributed by atoms with E-state index in [9.17, 15) is 5.11 Å². The first-order chi connectivity index (χ1) is 5.77. The first-order valence-electron chi connectivity index (χ1n) is 3.58. The van der Waals surface area contributed by atoms with E-state index in [1.807, 2.05) is 0 Å². The van der Waals surface area contributed by atoms with Crippen LogP contribution < -0.4 is 4.74 Å². The van der Waals surface area contributed by atoms with Gasteiger partial charge in [0.1, 0.15) is 0 Å². The normalized spacial score (nSPS) is 12.2. The maximum absolute atomic E-state index is 9.35. The second-order valence-electron chi connectivity index (χ2n) is 2.31. The Hall–Kier alpha value is -1.35. The summed E-state index contributed by atoms with van der Waals surface area (Å²) in [5, 5.41) is 9.35. The van der Waals surface area contributed by atoms with Gasteiger partial charge >= 0.3 is 0 Å². The van der Waals surface area contributed by atoms with Crippen molar-refractivity contribution in [1.29, 1.82) is 0 Å². The zero-order valence-corrected chi connectivity index (χ0v) is 6.90. The maximum atomic E-state index is 9.35. The van der Waals surface area contributed by atoms with Crippen LogP contribution in [-0.4, -0.2) is 17.2 Å². The van der Waals surface area contributed by atoms with Gasteiger partial charge in [-0.05, 0) is 11.6 Å². The van der Waals surface area contributed by atoms with E-state index < -0.39 is 6.10 Å². The Morgan fingerprint density at radius 1 is 1.75 bits per heavy atom. The van der Waals surface area contributed by atoms with Gasteiger partial charge in [0.2, 0.25) is 5.88 Å². The minimum absolute atomic E-state index is 0.494. The Bertz CT molecular complexity index is 273. The van der Waals surface area contributed by atoms with Crippen LogP contribution in [-0.2, 0) is 0 Å². The van der Waals surface area contributed by atoms with Gasteiger partial charge in [0.05, 0.1) is 13.2 Å². The molecule has 0 fully saturated rings. The standard InChI is InChI=1S/C9H11NO2/c1-3-8(11)7-4-5-10-9(6-7)12-2/h3-6,8,11H,1H2,2H3. The summed E-state index contributed by atoms with van der Waals surface area (Å²) < 4.78 is 4.89. The molecule has 1 unspecified atom stereocenters. The molecule has 0 saturated carbocycles. The van der Waals surface area contributed by atoms with E-state index in [2.05, 4.69) is 11.6 Å². The van der Waals surface area contributed by atoms with Gasteiger partial charge in [-0.2, -0.15) is 0 Å².